The monoisotopic (exact) mass is 489 g/mol. The Hall–Kier alpha value is -4.81. The Labute approximate surface area is 193 Å². The number of carbonyl (C=O) groups excluding carboxylic acids is 1. The van der Waals surface area contributed by atoms with Gasteiger partial charge in [0.15, 0.2) is 0 Å². The molecule has 0 saturated carbocycles. The number of nitrogens with one attached hydrogen (secondary N) is 4. The zero-order valence-electron chi connectivity index (χ0n) is 17.4. The van der Waals surface area contributed by atoms with Crippen molar-refractivity contribution in [3.05, 3.63) is 72.0 Å². The van der Waals surface area contributed by atoms with E-state index in [1.807, 2.05) is 5.32 Å². The molecule has 4 rings (SSSR count). The van der Waals surface area contributed by atoms with Crippen LogP contribution in [0.15, 0.2) is 60.7 Å². The Morgan fingerprint density at radius 3 is 2.31 bits per heavy atom. The van der Waals surface area contributed by atoms with Crippen LogP contribution < -0.4 is 20.7 Å². The van der Waals surface area contributed by atoms with E-state index in [2.05, 4.69) is 20.6 Å². The number of rotatable bonds is 5. The average Bonchev–Trinajstić information content (AvgIpc) is 3.16. The molecule has 1 heterocycles. The van der Waals surface area contributed by atoms with E-state index in [4.69, 9.17) is 9.84 Å². The SMILES string of the molecule is O=C(O)Nc1nc2ccc(Oc3ccc(NC(=O)Nc4cc(C(F)(F)F)ccc4F)cc3)cc2[nH]1. The lowest BCUT2D eigenvalue weighted by molar-refractivity contribution is -0.137. The molecule has 1 aromatic heterocycles. The molecule has 3 aromatic carbocycles. The second-order valence-electron chi connectivity index (χ2n) is 7.09. The van der Waals surface area contributed by atoms with Gasteiger partial charge in [0.2, 0.25) is 5.95 Å². The minimum absolute atomic E-state index is 0.0587. The van der Waals surface area contributed by atoms with Crippen LogP contribution in [0, 0.1) is 5.82 Å². The highest BCUT2D eigenvalue weighted by Crippen LogP contribution is 2.32. The molecule has 0 radical (unpaired) electrons. The molecule has 0 atom stereocenters. The summed E-state index contributed by atoms with van der Waals surface area (Å²) in [4.78, 5) is 29.7. The molecule has 0 aliphatic carbocycles. The van der Waals surface area contributed by atoms with E-state index in [1.165, 1.54) is 24.3 Å². The molecule has 180 valence electrons. The molecule has 0 aliphatic heterocycles. The fourth-order valence-corrected chi connectivity index (χ4v) is 3.04. The lowest BCUT2D eigenvalue weighted by atomic mass is 10.2. The van der Waals surface area contributed by atoms with E-state index in [9.17, 15) is 27.2 Å². The predicted molar refractivity (Wildman–Crippen MR) is 118 cm³/mol. The highest BCUT2D eigenvalue weighted by Gasteiger charge is 2.31. The van der Waals surface area contributed by atoms with Crippen LogP contribution in [-0.2, 0) is 6.18 Å². The van der Waals surface area contributed by atoms with Crippen LogP contribution in [0.1, 0.15) is 5.56 Å². The zero-order valence-corrected chi connectivity index (χ0v) is 17.4. The number of nitrogens with zero attached hydrogens (tertiary/aromatic N) is 1. The molecule has 4 aromatic rings. The number of amides is 3. The van der Waals surface area contributed by atoms with Crippen LogP contribution >= 0.6 is 0 Å². The van der Waals surface area contributed by atoms with Gasteiger partial charge >= 0.3 is 18.3 Å². The van der Waals surface area contributed by atoms with Gasteiger partial charge in [0.05, 0.1) is 22.3 Å². The van der Waals surface area contributed by atoms with E-state index in [1.54, 1.807) is 18.2 Å². The third-order valence-corrected chi connectivity index (χ3v) is 4.57. The molecule has 0 fully saturated rings. The van der Waals surface area contributed by atoms with Crippen LogP contribution in [0.25, 0.3) is 11.0 Å². The number of aromatic nitrogens is 2. The van der Waals surface area contributed by atoms with Gasteiger partial charge in [-0.15, -0.1) is 0 Å². The topological polar surface area (TPSA) is 128 Å². The maximum atomic E-state index is 13.8. The van der Waals surface area contributed by atoms with Gasteiger partial charge in [-0.3, -0.25) is 5.32 Å². The molecule has 0 bridgehead atoms. The van der Waals surface area contributed by atoms with Gasteiger partial charge in [-0.25, -0.2) is 19.0 Å². The third-order valence-electron chi connectivity index (χ3n) is 4.57. The molecule has 0 unspecified atom stereocenters. The molecular weight excluding hydrogens is 474 g/mol. The van der Waals surface area contributed by atoms with Gasteiger partial charge in [0.25, 0.3) is 0 Å². The van der Waals surface area contributed by atoms with Crippen molar-refractivity contribution in [3.8, 4) is 11.5 Å². The first-order valence-electron chi connectivity index (χ1n) is 9.79. The van der Waals surface area contributed by atoms with Crippen LogP contribution in [0.3, 0.4) is 0 Å². The van der Waals surface area contributed by atoms with E-state index in [0.717, 1.165) is 0 Å². The number of halogens is 4. The van der Waals surface area contributed by atoms with Crippen molar-refractivity contribution in [1.29, 1.82) is 0 Å². The Morgan fingerprint density at radius 1 is 0.914 bits per heavy atom. The number of imidazole rings is 1. The second-order valence-corrected chi connectivity index (χ2v) is 7.09. The molecule has 35 heavy (non-hydrogen) atoms. The van der Waals surface area contributed by atoms with E-state index in [-0.39, 0.29) is 11.6 Å². The first-order valence-corrected chi connectivity index (χ1v) is 9.79. The number of hydrogen-bond acceptors (Lipinski definition) is 4. The highest BCUT2D eigenvalue weighted by atomic mass is 19.4. The number of carbonyl (C=O) groups is 2. The summed E-state index contributed by atoms with van der Waals surface area (Å²) in [6.45, 7) is 0. The molecule has 9 nitrogen and oxygen atoms in total. The number of H-pyrrole nitrogens is 1. The molecule has 13 heteroatoms. The lowest BCUT2D eigenvalue weighted by Crippen LogP contribution is -2.20. The molecule has 0 aliphatic rings. The lowest BCUT2D eigenvalue weighted by Gasteiger charge is -2.12. The third kappa shape index (κ3) is 5.76. The van der Waals surface area contributed by atoms with Gasteiger partial charge in [-0.05, 0) is 54.6 Å². The highest BCUT2D eigenvalue weighted by molar-refractivity contribution is 5.99. The molecule has 0 spiro atoms. The second kappa shape index (κ2) is 9.21. The summed E-state index contributed by atoms with van der Waals surface area (Å²) in [6.07, 6.45) is -5.95. The van der Waals surface area contributed by atoms with Gasteiger partial charge in [0.1, 0.15) is 17.3 Å². The van der Waals surface area contributed by atoms with Crippen LogP contribution in [0.4, 0.5) is 44.5 Å². The first-order chi connectivity index (χ1) is 16.6. The fourth-order valence-electron chi connectivity index (χ4n) is 3.04. The number of fused-ring (bicyclic) bond motifs is 1. The summed E-state index contributed by atoms with van der Waals surface area (Å²) in [7, 11) is 0. The van der Waals surface area contributed by atoms with Crippen molar-refractivity contribution in [3.63, 3.8) is 0 Å². The van der Waals surface area contributed by atoms with Gasteiger partial charge in [0, 0.05) is 11.8 Å². The number of alkyl halides is 3. The Kier molecular flexibility index (Phi) is 6.14. The van der Waals surface area contributed by atoms with E-state index >= 15 is 0 Å². The number of urea groups is 1. The molecular formula is C22H15F4N5O4. The van der Waals surface area contributed by atoms with Crippen LogP contribution in [-0.4, -0.2) is 27.2 Å². The number of anilines is 3. The largest absolute Gasteiger partial charge is 0.465 e. The van der Waals surface area contributed by atoms with Crippen molar-refractivity contribution in [2.45, 2.75) is 6.18 Å². The Bertz CT molecular complexity index is 1400. The van der Waals surface area contributed by atoms with Crippen molar-refractivity contribution in [2.24, 2.45) is 0 Å². The summed E-state index contributed by atoms with van der Waals surface area (Å²) in [5.74, 6) is -0.149. The summed E-state index contributed by atoms with van der Waals surface area (Å²) in [5.41, 5.74) is -0.394. The number of ether oxygens (including phenoxy) is 1. The van der Waals surface area contributed by atoms with Crippen molar-refractivity contribution in [2.75, 3.05) is 16.0 Å². The Balaban J connectivity index is 1.39. The molecule has 5 N–H and O–H groups in total. The van der Waals surface area contributed by atoms with Gasteiger partial charge in [-0.2, -0.15) is 13.2 Å². The fraction of sp³-hybridized carbons (Fsp3) is 0.0455. The summed E-state index contributed by atoms with van der Waals surface area (Å²) >= 11 is 0. The minimum atomic E-state index is -4.68. The normalized spacial score (nSPS) is 11.2. The first kappa shape index (κ1) is 23.4. The quantitative estimate of drug-likeness (QED) is 0.212. The predicted octanol–water partition coefficient (Wildman–Crippen LogP) is 6.25. The smallest absolute Gasteiger partial charge is 0.416 e. The van der Waals surface area contributed by atoms with Crippen molar-refractivity contribution >= 4 is 40.5 Å². The maximum Gasteiger partial charge on any atom is 0.416 e. The number of carboxylic acid groups (broad SMARTS) is 1. The summed E-state index contributed by atoms with van der Waals surface area (Å²) in [5, 5.41) is 15.3. The van der Waals surface area contributed by atoms with Crippen LogP contribution in [0.5, 0.6) is 11.5 Å². The number of benzene rings is 3. The Morgan fingerprint density at radius 2 is 1.63 bits per heavy atom. The molecule has 0 saturated heterocycles. The maximum absolute atomic E-state index is 13.8. The van der Waals surface area contributed by atoms with Crippen molar-refractivity contribution in [1.82, 2.24) is 9.97 Å². The van der Waals surface area contributed by atoms with E-state index in [0.29, 0.717) is 40.7 Å². The minimum Gasteiger partial charge on any atom is -0.465 e. The number of aromatic amines is 1. The standard InChI is InChI=1S/C22H15F4N5O4/c23-15-7-1-11(22(24,25)26)9-17(15)30-20(32)27-12-2-4-13(5-3-12)35-14-6-8-16-18(10-14)29-19(28-16)31-21(33)34/h1-10H,(H,33,34)(H2,27,30,32)(H2,28,29,31). The van der Waals surface area contributed by atoms with Gasteiger partial charge < -0.3 is 25.5 Å². The van der Waals surface area contributed by atoms with E-state index < -0.39 is 35.4 Å². The molecule has 3 amide bonds. The van der Waals surface area contributed by atoms with Crippen molar-refractivity contribution < 1.29 is 37.0 Å². The average molecular weight is 489 g/mol. The van der Waals surface area contributed by atoms with Crippen LogP contribution in [0.2, 0.25) is 0 Å². The number of hydrogen-bond donors (Lipinski definition) is 5. The van der Waals surface area contributed by atoms with Gasteiger partial charge in [-0.1, -0.05) is 0 Å². The summed E-state index contributed by atoms with van der Waals surface area (Å²) < 4.78 is 58.0. The zero-order chi connectivity index (χ0) is 25.2. The summed E-state index contributed by atoms with van der Waals surface area (Å²) in [6, 6.07) is 11.6.